The molecule has 1 saturated heterocycles. The van der Waals surface area contributed by atoms with Crippen LogP contribution in [0.15, 0.2) is 0 Å². The van der Waals surface area contributed by atoms with Crippen molar-refractivity contribution in [3.8, 4) is 0 Å². The first kappa shape index (κ1) is 11.5. The highest BCUT2D eigenvalue weighted by Gasteiger charge is 2.32. The molecule has 1 aliphatic carbocycles. The third-order valence-corrected chi connectivity index (χ3v) is 4.69. The highest BCUT2D eigenvalue weighted by Crippen LogP contribution is 2.41. The lowest BCUT2D eigenvalue weighted by Gasteiger charge is -2.37. The van der Waals surface area contributed by atoms with Crippen molar-refractivity contribution >= 4 is 6.71 Å². The van der Waals surface area contributed by atoms with E-state index < -0.39 is 0 Å². The third-order valence-electron chi connectivity index (χ3n) is 4.69. The molecule has 2 fully saturated rings. The first-order valence-electron chi connectivity index (χ1n) is 7.38. The molecule has 0 aromatic carbocycles. The fourth-order valence-corrected chi connectivity index (χ4v) is 3.96. The highest BCUT2D eigenvalue weighted by molar-refractivity contribution is 6.59. The van der Waals surface area contributed by atoms with Crippen molar-refractivity contribution in [1.29, 1.82) is 0 Å². The van der Waals surface area contributed by atoms with Crippen molar-refractivity contribution in [2.75, 3.05) is 0 Å². The lowest BCUT2D eigenvalue weighted by Crippen LogP contribution is -2.31. The van der Waals surface area contributed by atoms with E-state index in [2.05, 4.69) is 6.92 Å². The Hall–Kier alpha value is 0.0649. The molecular formula is C14H27B. The van der Waals surface area contributed by atoms with E-state index >= 15 is 0 Å². The molecule has 0 spiro atoms. The molecule has 2 rings (SSSR count). The van der Waals surface area contributed by atoms with Gasteiger partial charge in [0.25, 0.3) is 0 Å². The van der Waals surface area contributed by atoms with E-state index in [0.29, 0.717) is 0 Å². The molecule has 1 aliphatic heterocycles. The second kappa shape index (κ2) is 5.96. The summed E-state index contributed by atoms with van der Waals surface area (Å²) in [6, 6.07) is 0. The molecule has 2 aliphatic rings. The highest BCUT2D eigenvalue weighted by atomic mass is 14.3. The molecule has 15 heavy (non-hydrogen) atoms. The van der Waals surface area contributed by atoms with Gasteiger partial charge in [0, 0.05) is 0 Å². The van der Waals surface area contributed by atoms with Crippen molar-refractivity contribution in [3.05, 3.63) is 0 Å². The van der Waals surface area contributed by atoms with E-state index in [4.69, 9.17) is 0 Å². The van der Waals surface area contributed by atoms with Gasteiger partial charge in [0.1, 0.15) is 6.71 Å². The number of unbranched alkanes of at least 4 members (excludes halogenated alkanes) is 3. The van der Waals surface area contributed by atoms with E-state index in [-0.39, 0.29) is 0 Å². The summed E-state index contributed by atoms with van der Waals surface area (Å²) in [6.45, 7) is 3.43. The normalized spacial score (nSPS) is 30.6. The predicted octanol–water partition coefficient (Wildman–Crippen LogP) is 4.88. The zero-order chi connectivity index (χ0) is 10.5. The summed E-state index contributed by atoms with van der Waals surface area (Å²) in [4.78, 5) is 0. The molecule has 0 N–H and O–H groups in total. The quantitative estimate of drug-likeness (QED) is 0.444. The summed E-state index contributed by atoms with van der Waals surface area (Å²) in [5.41, 5.74) is 0. The number of fused-ring (bicyclic) bond motifs is 2. The van der Waals surface area contributed by atoms with Crippen LogP contribution in [0.2, 0.25) is 19.0 Å². The molecule has 2 bridgehead atoms. The second-order valence-corrected chi connectivity index (χ2v) is 6.09. The molecule has 2 unspecified atom stereocenters. The summed E-state index contributed by atoms with van der Waals surface area (Å²) >= 11 is 0. The van der Waals surface area contributed by atoms with Crippen molar-refractivity contribution in [3.63, 3.8) is 0 Å². The minimum Gasteiger partial charge on any atom is -0.0741 e. The lowest BCUT2D eigenvalue weighted by molar-refractivity contribution is 0.281. The zero-order valence-electron chi connectivity index (χ0n) is 10.5. The number of rotatable bonds is 5. The first-order chi connectivity index (χ1) is 7.38. The Morgan fingerprint density at radius 2 is 1.73 bits per heavy atom. The van der Waals surface area contributed by atoms with Crippen LogP contribution in [0.5, 0.6) is 0 Å². The van der Waals surface area contributed by atoms with Crippen LogP contribution in [0.3, 0.4) is 0 Å². The fraction of sp³-hybridized carbons (Fsp3) is 1.00. The van der Waals surface area contributed by atoms with Gasteiger partial charge in [0.05, 0.1) is 0 Å². The van der Waals surface area contributed by atoms with Crippen LogP contribution < -0.4 is 0 Å². The van der Waals surface area contributed by atoms with Gasteiger partial charge in [-0.2, -0.15) is 0 Å². The molecule has 0 aromatic rings. The monoisotopic (exact) mass is 206 g/mol. The van der Waals surface area contributed by atoms with Crippen LogP contribution in [0.25, 0.3) is 0 Å². The van der Waals surface area contributed by atoms with Gasteiger partial charge in [-0.05, 0) is 18.3 Å². The van der Waals surface area contributed by atoms with E-state index in [1.807, 2.05) is 0 Å². The standard InChI is InChI=1S/C14H27B/c1-2-3-4-5-9-15-11-13-7-6-8-14(10-13)12-15/h13-14H,2-12H2,1H3. The Balaban J connectivity index is 1.65. The van der Waals surface area contributed by atoms with E-state index in [9.17, 15) is 0 Å². The summed E-state index contributed by atoms with van der Waals surface area (Å²) < 4.78 is 0. The molecule has 2 atom stereocenters. The number of hydrogen-bond donors (Lipinski definition) is 0. The van der Waals surface area contributed by atoms with Gasteiger partial charge in [-0.3, -0.25) is 0 Å². The minimum absolute atomic E-state index is 1.12. The average Bonchev–Trinajstić information content (AvgIpc) is 2.24. The fourth-order valence-electron chi connectivity index (χ4n) is 3.96. The van der Waals surface area contributed by atoms with Gasteiger partial charge < -0.3 is 0 Å². The molecule has 1 heterocycles. The maximum atomic E-state index is 2.31. The summed E-state index contributed by atoms with van der Waals surface area (Å²) in [5.74, 6) is 2.27. The van der Waals surface area contributed by atoms with Gasteiger partial charge in [-0.15, -0.1) is 0 Å². The molecule has 86 valence electrons. The summed E-state index contributed by atoms with van der Waals surface area (Å²) in [7, 11) is 0. The molecule has 0 nitrogen and oxygen atoms in total. The van der Waals surface area contributed by atoms with E-state index in [1.54, 1.807) is 38.2 Å². The molecular weight excluding hydrogens is 179 g/mol. The van der Waals surface area contributed by atoms with Gasteiger partial charge in [0.15, 0.2) is 0 Å². The maximum absolute atomic E-state index is 2.31. The zero-order valence-corrected chi connectivity index (χ0v) is 10.5. The van der Waals surface area contributed by atoms with Gasteiger partial charge in [-0.1, -0.05) is 70.8 Å². The van der Waals surface area contributed by atoms with Gasteiger partial charge in [-0.25, -0.2) is 0 Å². The Labute approximate surface area is 96.3 Å². The van der Waals surface area contributed by atoms with Crippen molar-refractivity contribution < 1.29 is 0 Å². The van der Waals surface area contributed by atoms with E-state index in [0.717, 1.165) is 18.5 Å². The van der Waals surface area contributed by atoms with Crippen molar-refractivity contribution in [1.82, 2.24) is 0 Å². The number of hydrogen-bond acceptors (Lipinski definition) is 0. The average molecular weight is 206 g/mol. The molecule has 0 radical (unpaired) electrons. The largest absolute Gasteiger partial charge is 0.140 e. The predicted molar refractivity (Wildman–Crippen MR) is 69.8 cm³/mol. The summed E-state index contributed by atoms with van der Waals surface area (Å²) in [5, 5.41) is 0. The molecule has 1 heteroatoms. The van der Waals surface area contributed by atoms with Crippen LogP contribution in [0.4, 0.5) is 0 Å². The van der Waals surface area contributed by atoms with Gasteiger partial charge >= 0.3 is 0 Å². The van der Waals surface area contributed by atoms with Crippen LogP contribution in [0.1, 0.15) is 58.3 Å². The maximum Gasteiger partial charge on any atom is 0.140 e. The molecule has 0 amide bonds. The van der Waals surface area contributed by atoms with Crippen LogP contribution in [0, 0.1) is 11.8 Å². The third kappa shape index (κ3) is 3.54. The van der Waals surface area contributed by atoms with Crippen LogP contribution in [-0.2, 0) is 0 Å². The van der Waals surface area contributed by atoms with Crippen molar-refractivity contribution in [2.45, 2.75) is 77.3 Å². The minimum atomic E-state index is 1.12. The lowest BCUT2D eigenvalue weighted by atomic mass is 9.34. The Bertz CT molecular complexity index is 166. The van der Waals surface area contributed by atoms with Crippen LogP contribution >= 0.6 is 0 Å². The topological polar surface area (TPSA) is 0 Å². The smallest absolute Gasteiger partial charge is 0.0741 e. The molecule has 1 saturated carbocycles. The first-order valence-corrected chi connectivity index (χ1v) is 7.38. The van der Waals surface area contributed by atoms with Crippen molar-refractivity contribution in [2.24, 2.45) is 11.8 Å². The Morgan fingerprint density at radius 3 is 2.40 bits per heavy atom. The second-order valence-electron chi connectivity index (χ2n) is 6.09. The van der Waals surface area contributed by atoms with Gasteiger partial charge in [0.2, 0.25) is 0 Å². The van der Waals surface area contributed by atoms with Crippen LogP contribution in [-0.4, -0.2) is 6.71 Å². The SMILES string of the molecule is CCCCCCB1CC2CCCC(C1)C2. The summed E-state index contributed by atoms with van der Waals surface area (Å²) in [6.07, 6.45) is 16.8. The Morgan fingerprint density at radius 1 is 1.00 bits per heavy atom. The Kier molecular flexibility index (Phi) is 4.59. The molecule has 0 aromatic heterocycles. The van der Waals surface area contributed by atoms with E-state index in [1.165, 1.54) is 32.1 Å².